The van der Waals surface area contributed by atoms with Crippen molar-refractivity contribution in [3.8, 4) is 17.1 Å². The molecule has 0 bridgehead atoms. The smallest absolute Gasteiger partial charge is 0.266 e. The number of para-hydroxylation sites is 2. The van der Waals surface area contributed by atoms with E-state index >= 15 is 0 Å². The van der Waals surface area contributed by atoms with E-state index in [1.807, 2.05) is 19.1 Å². The van der Waals surface area contributed by atoms with Crippen LogP contribution in [0.25, 0.3) is 28.0 Å². The lowest BCUT2D eigenvalue weighted by atomic mass is 10.2. The van der Waals surface area contributed by atoms with Crippen molar-refractivity contribution in [2.45, 2.75) is 26.7 Å². The van der Waals surface area contributed by atoms with Gasteiger partial charge in [0.1, 0.15) is 35.2 Å². The van der Waals surface area contributed by atoms with Gasteiger partial charge < -0.3 is 15.9 Å². The van der Waals surface area contributed by atoms with E-state index in [1.54, 1.807) is 37.3 Å². The maximum Gasteiger partial charge on any atom is 0.266 e. The molecule has 11 heteroatoms. The number of nitrogens with zero attached hydrogens (tertiary/aromatic N) is 6. The summed E-state index contributed by atoms with van der Waals surface area (Å²) >= 11 is 0. The summed E-state index contributed by atoms with van der Waals surface area (Å²) in [6.45, 7) is 3.68. The van der Waals surface area contributed by atoms with Gasteiger partial charge in [-0.3, -0.25) is 9.36 Å². The van der Waals surface area contributed by atoms with Crippen LogP contribution in [-0.4, -0.2) is 29.7 Å². The molecule has 35 heavy (non-hydrogen) atoms. The Morgan fingerprint density at radius 2 is 1.69 bits per heavy atom. The van der Waals surface area contributed by atoms with Crippen LogP contribution in [0, 0.1) is 12.7 Å². The summed E-state index contributed by atoms with van der Waals surface area (Å²) in [7, 11) is 0. The Morgan fingerprint density at radius 1 is 1.00 bits per heavy atom. The van der Waals surface area contributed by atoms with Crippen LogP contribution in [0.4, 0.5) is 16.0 Å². The molecule has 10 nitrogen and oxygen atoms in total. The van der Waals surface area contributed by atoms with E-state index in [1.165, 1.54) is 17.0 Å². The van der Waals surface area contributed by atoms with E-state index in [-0.39, 0.29) is 28.8 Å². The highest BCUT2D eigenvalue weighted by Gasteiger charge is 2.15. The summed E-state index contributed by atoms with van der Waals surface area (Å²) in [6, 6.07) is 13.4. The van der Waals surface area contributed by atoms with Gasteiger partial charge in [0.25, 0.3) is 11.4 Å². The number of rotatable bonds is 4. The number of halogens is 1. The maximum atomic E-state index is 14.1. The molecule has 3 aromatic heterocycles. The van der Waals surface area contributed by atoms with Gasteiger partial charge in [-0.05, 0) is 30.7 Å². The molecule has 0 aliphatic rings. The molecule has 5 rings (SSSR count). The van der Waals surface area contributed by atoms with Gasteiger partial charge in [0, 0.05) is 13.3 Å². The summed E-state index contributed by atoms with van der Waals surface area (Å²) in [4.78, 5) is 24.8. The second-order valence-corrected chi connectivity index (χ2v) is 7.53. The summed E-state index contributed by atoms with van der Waals surface area (Å²) in [6.07, 6.45) is 2.73. The lowest BCUT2D eigenvalue weighted by Crippen LogP contribution is -2.24. The van der Waals surface area contributed by atoms with Crippen molar-refractivity contribution < 1.29 is 8.81 Å². The van der Waals surface area contributed by atoms with Crippen LogP contribution in [-0.2, 0) is 6.42 Å². The monoisotopic (exact) mass is 474 g/mol. The zero-order valence-corrected chi connectivity index (χ0v) is 19.1. The van der Waals surface area contributed by atoms with Crippen LogP contribution in [0.1, 0.15) is 25.1 Å². The first kappa shape index (κ1) is 23.5. The first-order chi connectivity index (χ1) is 16.9. The van der Waals surface area contributed by atoms with Crippen molar-refractivity contribution in [3.05, 3.63) is 82.7 Å². The van der Waals surface area contributed by atoms with Crippen LogP contribution >= 0.6 is 0 Å². The Bertz CT molecular complexity index is 1530. The van der Waals surface area contributed by atoms with E-state index in [4.69, 9.17) is 15.9 Å². The number of fused-ring (bicyclic) bond motifs is 1. The average Bonchev–Trinajstić information content (AvgIpc) is 3.26. The third kappa shape index (κ3) is 4.83. The minimum atomic E-state index is -0.422. The molecule has 0 aliphatic heterocycles. The molecular formula is C24H23FN8O2. The highest BCUT2D eigenvalue weighted by atomic mass is 19.1. The molecule has 4 N–H and O–H groups in total. The molecular weight excluding hydrogens is 451 g/mol. The van der Waals surface area contributed by atoms with E-state index in [9.17, 15) is 9.18 Å². The molecule has 0 unspecified atom stereocenters. The molecule has 0 spiro atoms. The van der Waals surface area contributed by atoms with Gasteiger partial charge in [0.15, 0.2) is 0 Å². The van der Waals surface area contributed by atoms with E-state index in [2.05, 4.69) is 25.1 Å². The number of benzene rings is 2. The molecule has 2 aromatic carbocycles. The number of aryl methyl sites for hydroxylation is 2. The summed E-state index contributed by atoms with van der Waals surface area (Å²) < 4.78 is 20.6. The van der Waals surface area contributed by atoms with Gasteiger partial charge in [-0.15, -0.1) is 10.2 Å². The fraction of sp³-hybridized carbons (Fsp3) is 0.167. The topological polar surface area (TPSA) is 152 Å². The van der Waals surface area contributed by atoms with Crippen LogP contribution in [0.3, 0.4) is 0 Å². The summed E-state index contributed by atoms with van der Waals surface area (Å²) in [5.41, 5.74) is 12.3. The Morgan fingerprint density at radius 3 is 2.34 bits per heavy atom. The number of hydrogen-bond donors (Lipinski definition) is 2. The number of nitrogens with two attached hydrogens (primary N) is 2. The highest BCUT2D eigenvalue weighted by molar-refractivity contribution is 5.78. The average molecular weight is 475 g/mol. The van der Waals surface area contributed by atoms with Gasteiger partial charge in [-0.1, -0.05) is 31.2 Å². The van der Waals surface area contributed by atoms with E-state index in [0.717, 1.165) is 6.42 Å². The first-order valence-corrected chi connectivity index (χ1v) is 10.8. The Labute approximate surface area is 199 Å². The van der Waals surface area contributed by atoms with Crippen LogP contribution in [0.2, 0.25) is 0 Å². The normalized spacial score (nSPS) is 10.7. The maximum absolute atomic E-state index is 14.1. The summed E-state index contributed by atoms with van der Waals surface area (Å²) in [5, 5.41) is 7.94. The van der Waals surface area contributed by atoms with Crippen LogP contribution in [0.15, 0.2) is 64.1 Å². The van der Waals surface area contributed by atoms with Crippen LogP contribution in [0.5, 0.6) is 0 Å². The lowest BCUT2D eigenvalue weighted by Gasteiger charge is -2.13. The summed E-state index contributed by atoms with van der Waals surface area (Å²) in [5.74, 6) is 1.28. The standard InChI is InChI=1S/C17H15FN2O.C7H8N6O/c1-2-7-16-19-14-10-5-3-8-12(14)17(21)20(16)15-11-6-4-9-13(15)18;1-3-12-13-7(14-3)4-5(8)10-2-11-6(4)9/h3-6,8-11H,2,7H2,1H3;2H,1H3,(H4,8,9,10,11). The molecule has 3 heterocycles. The van der Waals surface area contributed by atoms with Crippen molar-refractivity contribution in [3.63, 3.8) is 0 Å². The van der Waals surface area contributed by atoms with Gasteiger partial charge in [0.05, 0.1) is 16.6 Å². The number of hydrogen-bond acceptors (Lipinski definition) is 9. The fourth-order valence-electron chi connectivity index (χ4n) is 3.48. The van der Waals surface area contributed by atoms with Crippen molar-refractivity contribution in [2.75, 3.05) is 11.5 Å². The first-order valence-electron chi connectivity index (χ1n) is 10.8. The van der Waals surface area contributed by atoms with E-state index < -0.39 is 5.82 Å². The third-order valence-corrected chi connectivity index (χ3v) is 5.06. The minimum Gasteiger partial charge on any atom is -0.421 e. The largest absolute Gasteiger partial charge is 0.421 e. The lowest BCUT2D eigenvalue weighted by molar-refractivity contribution is 0.533. The van der Waals surface area contributed by atoms with Crippen molar-refractivity contribution in [1.29, 1.82) is 0 Å². The molecule has 5 aromatic rings. The molecule has 0 radical (unpaired) electrons. The molecule has 0 aliphatic carbocycles. The quantitative estimate of drug-likeness (QED) is 0.399. The second kappa shape index (κ2) is 10.1. The van der Waals surface area contributed by atoms with Gasteiger partial charge in [0.2, 0.25) is 5.89 Å². The predicted molar refractivity (Wildman–Crippen MR) is 130 cm³/mol. The zero-order chi connectivity index (χ0) is 24.9. The molecule has 0 fully saturated rings. The van der Waals surface area contributed by atoms with Gasteiger partial charge in [-0.2, -0.15) is 0 Å². The Hall–Kier alpha value is -4.67. The van der Waals surface area contributed by atoms with Crippen molar-refractivity contribution in [1.82, 2.24) is 29.7 Å². The fourth-order valence-corrected chi connectivity index (χ4v) is 3.48. The van der Waals surface area contributed by atoms with Crippen molar-refractivity contribution >= 4 is 22.5 Å². The zero-order valence-electron chi connectivity index (χ0n) is 19.1. The SMILES string of the molecule is CCCc1nc2ccccc2c(=O)n1-c1ccccc1F.Cc1nnc(-c2c(N)ncnc2N)o1. The molecule has 0 saturated heterocycles. The minimum absolute atomic E-state index is 0.223. The molecule has 0 saturated carbocycles. The number of aromatic nitrogens is 6. The third-order valence-electron chi connectivity index (χ3n) is 5.06. The van der Waals surface area contributed by atoms with Gasteiger partial charge in [-0.25, -0.2) is 19.3 Å². The number of anilines is 2. The van der Waals surface area contributed by atoms with E-state index in [0.29, 0.717) is 34.6 Å². The highest BCUT2D eigenvalue weighted by Crippen LogP contribution is 2.26. The predicted octanol–water partition coefficient (Wildman–Crippen LogP) is 3.48. The van der Waals surface area contributed by atoms with Crippen molar-refractivity contribution in [2.24, 2.45) is 0 Å². The Kier molecular flexibility index (Phi) is 6.76. The number of nitrogen functional groups attached to an aromatic ring is 2. The van der Waals surface area contributed by atoms with Crippen LogP contribution < -0.4 is 17.0 Å². The van der Waals surface area contributed by atoms with Gasteiger partial charge >= 0.3 is 0 Å². The molecule has 0 atom stereocenters. The second-order valence-electron chi connectivity index (χ2n) is 7.53. The molecule has 178 valence electrons. The molecule has 0 amide bonds. The Balaban J connectivity index is 0.000000179.